The fourth-order valence-corrected chi connectivity index (χ4v) is 1.21. The molecule has 1 aromatic heterocycles. The van der Waals surface area contributed by atoms with Crippen molar-refractivity contribution < 1.29 is 22.7 Å². The van der Waals surface area contributed by atoms with Crippen molar-refractivity contribution in [2.45, 2.75) is 20.3 Å². The number of ether oxygens (including phenoxy) is 1. The van der Waals surface area contributed by atoms with Crippen LogP contribution in [0.5, 0.6) is 0 Å². The lowest BCUT2D eigenvalue weighted by Gasteiger charge is -2.09. The minimum absolute atomic E-state index is 0.0127. The van der Waals surface area contributed by atoms with Gasteiger partial charge >= 0.3 is 5.97 Å². The average molecular weight is 233 g/mol. The second-order valence-corrected chi connectivity index (χ2v) is 3.03. The molecule has 0 aliphatic carbocycles. The van der Waals surface area contributed by atoms with Crippen LogP contribution in [0.2, 0.25) is 0 Å². The van der Waals surface area contributed by atoms with Crippen molar-refractivity contribution in [3.8, 4) is 0 Å². The first kappa shape index (κ1) is 12.5. The molecular formula is C10H10F3NO2. The average Bonchev–Trinajstić information content (AvgIpc) is 2.15. The van der Waals surface area contributed by atoms with Crippen LogP contribution in [0.1, 0.15) is 35.1 Å². The Balaban J connectivity index is 3.29. The van der Waals surface area contributed by atoms with Gasteiger partial charge in [0.2, 0.25) is 0 Å². The lowest BCUT2D eigenvalue weighted by atomic mass is 10.1. The van der Waals surface area contributed by atoms with E-state index >= 15 is 0 Å². The number of aromatic nitrogens is 1. The third-order valence-electron chi connectivity index (χ3n) is 1.82. The zero-order valence-corrected chi connectivity index (χ0v) is 8.76. The monoisotopic (exact) mass is 233 g/mol. The maximum Gasteiger partial charge on any atom is 0.357 e. The van der Waals surface area contributed by atoms with E-state index in [-0.39, 0.29) is 12.3 Å². The summed E-state index contributed by atoms with van der Waals surface area (Å²) in [5, 5.41) is 0. The number of hydrogen-bond donors (Lipinski definition) is 0. The molecular weight excluding hydrogens is 223 g/mol. The van der Waals surface area contributed by atoms with Gasteiger partial charge in [0.25, 0.3) is 6.43 Å². The zero-order valence-electron chi connectivity index (χ0n) is 8.76. The third kappa shape index (κ3) is 2.50. The first-order valence-electron chi connectivity index (χ1n) is 4.59. The highest BCUT2D eigenvalue weighted by molar-refractivity contribution is 5.89. The van der Waals surface area contributed by atoms with Crippen molar-refractivity contribution in [1.29, 1.82) is 0 Å². The number of hydrogen-bond acceptors (Lipinski definition) is 3. The van der Waals surface area contributed by atoms with E-state index in [0.717, 1.165) is 6.07 Å². The Morgan fingerprint density at radius 2 is 2.19 bits per heavy atom. The minimum Gasteiger partial charge on any atom is -0.461 e. The standard InChI is InChI=1S/C10H10F3NO2/c1-3-16-10(15)8-7(9(12)13)6(11)4-5(2)14-8/h4,9H,3H2,1-2H3. The summed E-state index contributed by atoms with van der Waals surface area (Å²) in [6.45, 7) is 2.94. The summed E-state index contributed by atoms with van der Waals surface area (Å²) in [4.78, 5) is 14.9. The van der Waals surface area contributed by atoms with Crippen molar-refractivity contribution in [2.75, 3.05) is 6.61 Å². The van der Waals surface area contributed by atoms with Gasteiger partial charge in [-0.05, 0) is 19.9 Å². The number of carbonyl (C=O) groups excluding carboxylic acids is 1. The molecule has 0 saturated carbocycles. The van der Waals surface area contributed by atoms with Crippen molar-refractivity contribution in [3.63, 3.8) is 0 Å². The summed E-state index contributed by atoms with van der Waals surface area (Å²) in [5.41, 5.74) is -1.52. The van der Waals surface area contributed by atoms with Gasteiger partial charge in [0.15, 0.2) is 5.69 Å². The second-order valence-electron chi connectivity index (χ2n) is 3.03. The molecule has 16 heavy (non-hydrogen) atoms. The molecule has 1 heterocycles. The van der Waals surface area contributed by atoms with Gasteiger partial charge in [-0.15, -0.1) is 0 Å². The van der Waals surface area contributed by atoms with Crippen molar-refractivity contribution in [3.05, 3.63) is 28.8 Å². The molecule has 0 N–H and O–H groups in total. The summed E-state index contributed by atoms with van der Waals surface area (Å²) < 4.78 is 42.8. The summed E-state index contributed by atoms with van der Waals surface area (Å²) in [5.74, 6) is -2.19. The number of esters is 1. The van der Waals surface area contributed by atoms with Crippen LogP contribution in [-0.2, 0) is 4.74 Å². The molecule has 0 bridgehead atoms. The van der Waals surface area contributed by atoms with E-state index in [1.165, 1.54) is 13.8 Å². The van der Waals surface area contributed by atoms with E-state index in [9.17, 15) is 18.0 Å². The molecule has 88 valence electrons. The maximum absolute atomic E-state index is 13.2. The van der Waals surface area contributed by atoms with Crippen molar-refractivity contribution in [2.24, 2.45) is 0 Å². The van der Waals surface area contributed by atoms with Crippen LogP contribution in [0.25, 0.3) is 0 Å². The molecule has 0 saturated heterocycles. The molecule has 0 fully saturated rings. The SMILES string of the molecule is CCOC(=O)c1nc(C)cc(F)c1C(F)F. The second kappa shape index (κ2) is 4.96. The van der Waals surface area contributed by atoms with Gasteiger partial charge < -0.3 is 4.74 Å². The maximum atomic E-state index is 13.2. The number of rotatable bonds is 3. The van der Waals surface area contributed by atoms with Gasteiger partial charge in [-0.1, -0.05) is 0 Å². The molecule has 0 aromatic carbocycles. The molecule has 3 nitrogen and oxygen atoms in total. The van der Waals surface area contributed by atoms with E-state index in [1.807, 2.05) is 0 Å². The topological polar surface area (TPSA) is 39.2 Å². The Bertz CT molecular complexity index is 407. The Labute approximate surface area is 90.2 Å². The number of carbonyl (C=O) groups is 1. The number of pyridine rings is 1. The molecule has 0 spiro atoms. The smallest absolute Gasteiger partial charge is 0.357 e. The Kier molecular flexibility index (Phi) is 3.87. The number of halogens is 3. The van der Waals surface area contributed by atoms with Crippen LogP contribution in [0.3, 0.4) is 0 Å². The molecule has 0 aliphatic rings. The molecule has 0 atom stereocenters. The van der Waals surface area contributed by atoms with E-state index in [4.69, 9.17) is 0 Å². The van der Waals surface area contributed by atoms with Crippen LogP contribution in [-0.4, -0.2) is 17.6 Å². The van der Waals surface area contributed by atoms with Gasteiger partial charge in [0.05, 0.1) is 12.2 Å². The first-order chi connectivity index (χ1) is 7.47. The third-order valence-corrected chi connectivity index (χ3v) is 1.82. The lowest BCUT2D eigenvalue weighted by Crippen LogP contribution is -2.13. The fourth-order valence-electron chi connectivity index (χ4n) is 1.21. The molecule has 0 radical (unpaired) electrons. The van der Waals surface area contributed by atoms with Gasteiger partial charge in [0, 0.05) is 5.69 Å². The number of nitrogens with zero attached hydrogens (tertiary/aromatic N) is 1. The molecule has 0 unspecified atom stereocenters. The van der Waals surface area contributed by atoms with Crippen LogP contribution in [0.15, 0.2) is 6.07 Å². The highest BCUT2D eigenvalue weighted by Crippen LogP contribution is 2.25. The van der Waals surface area contributed by atoms with Gasteiger partial charge in [-0.2, -0.15) is 0 Å². The predicted octanol–water partition coefficient (Wildman–Crippen LogP) is 2.64. The van der Waals surface area contributed by atoms with Crippen LogP contribution in [0, 0.1) is 12.7 Å². The molecule has 0 amide bonds. The Morgan fingerprint density at radius 1 is 1.56 bits per heavy atom. The highest BCUT2D eigenvalue weighted by atomic mass is 19.3. The Morgan fingerprint density at radius 3 is 2.69 bits per heavy atom. The van der Waals surface area contributed by atoms with Gasteiger partial charge in [-0.3, -0.25) is 0 Å². The fraction of sp³-hybridized carbons (Fsp3) is 0.400. The number of alkyl halides is 2. The van der Waals surface area contributed by atoms with Crippen molar-refractivity contribution >= 4 is 5.97 Å². The molecule has 6 heteroatoms. The van der Waals surface area contributed by atoms with Crippen molar-refractivity contribution in [1.82, 2.24) is 4.98 Å². The number of aryl methyl sites for hydroxylation is 1. The van der Waals surface area contributed by atoms with E-state index in [0.29, 0.717) is 0 Å². The predicted molar refractivity (Wildman–Crippen MR) is 49.8 cm³/mol. The molecule has 0 aliphatic heterocycles. The first-order valence-corrected chi connectivity index (χ1v) is 4.59. The van der Waals surface area contributed by atoms with Gasteiger partial charge in [0.1, 0.15) is 5.82 Å². The minimum atomic E-state index is -3.10. The van der Waals surface area contributed by atoms with Gasteiger partial charge in [-0.25, -0.2) is 22.9 Å². The normalized spacial score (nSPS) is 10.6. The molecule has 1 rings (SSSR count). The quantitative estimate of drug-likeness (QED) is 0.753. The van der Waals surface area contributed by atoms with E-state index < -0.39 is 29.5 Å². The summed E-state index contributed by atoms with van der Waals surface area (Å²) in [7, 11) is 0. The summed E-state index contributed by atoms with van der Waals surface area (Å²) >= 11 is 0. The van der Waals surface area contributed by atoms with E-state index in [2.05, 4.69) is 9.72 Å². The Hall–Kier alpha value is -1.59. The van der Waals surface area contributed by atoms with Crippen LogP contribution >= 0.6 is 0 Å². The zero-order chi connectivity index (χ0) is 12.3. The van der Waals surface area contributed by atoms with Crippen LogP contribution < -0.4 is 0 Å². The highest BCUT2D eigenvalue weighted by Gasteiger charge is 2.25. The lowest BCUT2D eigenvalue weighted by molar-refractivity contribution is 0.0505. The largest absolute Gasteiger partial charge is 0.461 e. The molecule has 1 aromatic rings. The summed E-state index contributed by atoms with van der Waals surface area (Å²) in [6.07, 6.45) is -3.10. The summed E-state index contributed by atoms with van der Waals surface area (Å²) in [6, 6.07) is 0.851. The van der Waals surface area contributed by atoms with E-state index in [1.54, 1.807) is 0 Å². The van der Waals surface area contributed by atoms with Crippen LogP contribution in [0.4, 0.5) is 13.2 Å².